The molecular formula is C9H15ClF4N2O. The van der Waals surface area contributed by atoms with Crippen LogP contribution in [0.15, 0.2) is 0 Å². The third-order valence-electron chi connectivity index (χ3n) is 2.49. The van der Waals surface area contributed by atoms with Gasteiger partial charge in [-0.2, -0.15) is 8.78 Å². The van der Waals surface area contributed by atoms with Crippen LogP contribution in [0.1, 0.15) is 12.8 Å². The first-order valence-electron chi connectivity index (χ1n) is 5.08. The van der Waals surface area contributed by atoms with E-state index >= 15 is 0 Å². The normalized spacial score (nSPS) is 20.9. The van der Waals surface area contributed by atoms with E-state index in [4.69, 9.17) is 0 Å². The largest absolute Gasteiger partial charge is 0.350 e. The third kappa shape index (κ3) is 5.08. The lowest BCUT2D eigenvalue weighted by Gasteiger charge is -2.23. The predicted octanol–water partition coefficient (Wildman–Crippen LogP) is 1.42. The first kappa shape index (κ1) is 16.4. The Labute approximate surface area is 103 Å². The molecule has 3 nitrogen and oxygen atoms in total. The van der Waals surface area contributed by atoms with E-state index in [0.29, 0.717) is 13.0 Å². The highest BCUT2D eigenvalue weighted by atomic mass is 35.5. The third-order valence-corrected chi connectivity index (χ3v) is 2.49. The molecule has 0 radical (unpaired) electrons. The Hall–Kier alpha value is -0.560. The van der Waals surface area contributed by atoms with Crippen LogP contribution in [0.5, 0.6) is 0 Å². The highest BCUT2D eigenvalue weighted by molar-refractivity contribution is 5.85. The highest BCUT2D eigenvalue weighted by Gasteiger charge is 2.41. The minimum Gasteiger partial charge on any atom is -0.350 e. The average molecular weight is 279 g/mol. The second-order valence-corrected chi connectivity index (χ2v) is 3.82. The maximum Gasteiger partial charge on any atom is 0.324 e. The Morgan fingerprint density at radius 1 is 1.47 bits per heavy atom. The zero-order chi connectivity index (χ0) is 12.2. The maximum absolute atomic E-state index is 12.5. The van der Waals surface area contributed by atoms with Crippen LogP contribution < -0.4 is 10.6 Å². The number of carbonyl (C=O) groups is 1. The highest BCUT2D eigenvalue weighted by Crippen LogP contribution is 2.21. The van der Waals surface area contributed by atoms with E-state index < -0.39 is 30.7 Å². The number of hydrogen-bond acceptors (Lipinski definition) is 2. The average Bonchev–Trinajstić information content (AvgIpc) is 2.27. The van der Waals surface area contributed by atoms with E-state index in [1.165, 1.54) is 0 Å². The molecule has 1 saturated heterocycles. The van der Waals surface area contributed by atoms with Crippen molar-refractivity contribution in [2.75, 3.05) is 19.6 Å². The lowest BCUT2D eigenvalue weighted by molar-refractivity contribution is -0.139. The smallest absolute Gasteiger partial charge is 0.324 e. The molecule has 102 valence electrons. The summed E-state index contributed by atoms with van der Waals surface area (Å²) in [4.78, 5) is 11.3. The number of carbonyl (C=O) groups excluding carboxylic acids is 1. The van der Waals surface area contributed by atoms with Crippen LogP contribution in [0.25, 0.3) is 0 Å². The molecule has 1 heterocycles. The Balaban J connectivity index is 0.00000256. The summed E-state index contributed by atoms with van der Waals surface area (Å²) >= 11 is 0. The van der Waals surface area contributed by atoms with Crippen molar-refractivity contribution in [2.24, 2.45) is 5.92 Å². The van der Waals surface area contributed by atoms with E-state index in [2.05, 4.69) is 5.32 Å². The topological polar surface area (TPSA) is 41.1 Å². The summed E-state index contributed by atoms with van der Waals surface area (Å²) in [5, 5.41) is 4.80. The minimum absolute atomic E-state index is 0. The van der Waals surface area contributed by atoms with Crippen LogP contribution in [0, 0.1) is 5.92 Å². The molecule has 1 aliphatic heterocycles. The lowest BCUT2D eigenvalue weighted by atomic mass is 9.99. The summed E-state index contributed by atoms with van der Waals surface area (Å²) in [6, 6.07) is 0. The fourth-order valence-corrected chi connectivity index (χ4v) is 1.50. The zero-order valence-electron chi connectivity index (χ0n) is 9.02. The Bertz CT molecular complexity index is 247. The SMILES string of the molecule is Cl.O=C(NCC(F)(F)C(F)F)[C@@H]1CCCNC1. The number of amides is 1. The Morgan fingerprint density at radius 3 is 2.59 bits per heavy atom. The lowest BCUT2D eigenvalue weighted by Crippen LogP contribution is -2.46. The maximum atomic E-state index is 12.5. The van der Waals surface area contributed by atoms with Gasteiger partial charge in [-0.05, 0) is 19.4 Å². The van der Waals surface area contributed by atoms with E-state index in [1.807, 2.05) is 5.32 Å². The van der Waals surface area contributed by atoms with Gasteiger partial charge in [-0.1, -0.05) is 0 Å². The van der Waals surface area contributed by atoms with Crippen molar-refractivity contribution in [3.05, 3.63) is 0 Å². The van der Waals surface area contributed by atoms with Gasteiger partial charge in [-0.3, -0.25) is 4.79 Å². The molecule has 0 aromatic heterocycles. The summed E-state index contributed by atoms with van der Waals surface area (Å²) in [6.07, 6.45) is -2.38. The van der Waals surface area contributed by atoms with Crippen molar-refractivity contribution in [2.45, 2.75) is 25.2 Å². The van der Waals surface area contributed by atoms with Crippen molar-refractivity contribution < 1.29 is 22.4 Å². The van der Waals surface area contributed by atoms with Gasteiger partial charge in [0.1, 0.15) is 0 Å². The van der Waals surface area contributed by atoms with Crippen LogP contribution in [0.3, 0.4) is 0 Å². The van der Waals surface area contributed by atoms with E-state index in [9.17, 15) is 22.4 Å². The Morgan fingerprint density at radius 2 is 2.12 bits per heavy atom. The minimum atomic E-state index is -4.16. The number of nitrogens with one attached hydrogen (secondary N) is 2. The number of hydrogen-bond donors (Lipinski definition) is 2. The molecule has 17 heavy (non-hydrogen) atoms. The van der Waals surface area contributed by atoms with Crippen molar-refractivity contribution in [3.8, 4) is 0 Å². The van der Waals surface area contributed by atoms with Gasteiger partial charge in [0.05, 0.1) is 12.5 Å². The molecule has 8 heteroatoms. The van der Waals surface area contributed by atoms with Gasteiger partial charge in [0, 0.05) is 6.54 Å². The summed E-state index contributed by atoms with van der Waals surface area (Å²) in [5.74, 6) is -5.15. The fourth-order valence-electron chi connectivity index (χ4n) is 1.50. The van der Waals surface area contributed by atoms with Crippen molar-refractivity contribution in [1.29, 1.82) is 0 Å². The molecule has 0 aliphatic carbocycles. The predicted molar refractivity (Wildman–Crippen MR) is 56.8 cm³/mol. The van der Waals surface area contributed by atoms with E-state index in [-0.39, 0.29) is 12.4 Å². The molecular weight excluding hydrogens is 264 g/mol. The molecule has 0 aromatic carbocycles. The van der Waals surface area contributed by atoms with Crippen molar-refractivity contribution in [3.63, 3.8) is 0 Å². The summed E-state index contributed by atoms with van der Waals surface area (Å²) in [5.41, 5.74) is 0. The monoisotopic (exact) mass is 278 g/mol. The van der Waals surface area contributed by atoms with E-state index in [0.717, 1.165) is 13.0 Å². The van der Waals surface area contributed by atoms with Gasteiger partial charge in [0.15, 0.2) is 0 Å². The molecule has 1 rings (SSSR count). The molecule has 1 amide bonds. The van der Waals surface area contributed by atoms with Crippen LogP contribution >= 0.6 is 12.4 Å². The molecule has 1 aliphatic rings. The fraction of sp³-hybridized carbons (Fsp3) is 0.889. The number of alkyl halides is 4. The second kappa shape index (κ2) is 7.00. The van der Waals surface area contributed by atoms with Crippen LogP contribution in [0.4, 0.5) is 17.6 Å². The number of rotatable bonds is 4. The molecule has 0 bridgehead atoms. The van der Waals surface area contributed by atoms with Gasteiger partial charge in [-0.15, -0.1) is 12.4 Å². The number of piperidine rings is 1. The quantitative estimate of drug-likeness (QED) is 0.764. The van der Waals surface area contributed by atoms with Gasteiger partial charge < -0.3 is 10.6 Å². The molecule has 0 saturated carbocycles. The summed E-state index contributed by atoms with van der Waals surface area (Å²) in [7, 11) is 0. The molecule has 1 fully saturated rings. The second-order valence-electron chi connectivity index (χ2n) is 3.82. The van der Waals surface area contributed by atoms with Gasteiger partial charge in [0.25, 0.3) is 0 Å². The van der Waals surface area contributed by atoms with Gasteiger partial charge in [-0.25, -0.2) is 8.78 Å². The van der Waals surface area contributed by atoms with Gasteiger partial charge >= 0.3 is 12.3 Å². The molecule has 1 atom stereocenters. The summed E-state index contributed by atoms with van der Waals surface area (Å²) in [6.45, 7) is -0.108. The first-order valence-corrected chi connectivity index (χ1v) is 5.08. The van der Waals surface area contributed by atoms with Crippen LogP contribution in [0.2, 0.25) is 0 Å². The van der Waals surface area contributed by atoms with Crippen LogP contribution in [-0.2, 0) is 4.79 Å². The van der Waals surface area contributed by atoms with Crippen LogP contribution in [-0.4, -0.2) is 37.9 Å². The molecule has 0 unspecified atom stereocenters. The Kier molecular flexibility index (Phi) is 6.77. The van der Waals surface area contributed by atoms with Crippen molar-refractivity contribution >= 4 is 18.3 Å². The molecule has 0 spiro atoms. The summed E-state index contributed by atoms with van der Waals surface area (Å²) < 4.78 is 48.6. The van der Waals surface area contributed by atoms with Crippen molar-refractivity contribution in [1.82, 2.24) is 10.6 Å². The zero-order valence-corrected chi connectivity index (χ0v) is 9.84. The van der Waals surface area contributed by atoms with E-state index in [1.54, 1.807) is 0 Å². The van der Waals surface area contributed by atoms with Gasteiger partial charge in [0.2, 0.25) is 5.91 Å². The first-order chi connectivity index (χ1) is 7.43. The number of halogens is 5. The molecule has 0 aromatic rings. The molecule has 2 N–H and O–H groups in total. The standard InChI is InChI=1S/C9H14F4N2O.ClH/c10-8(11)9(12,13)5-15-7(16)6-2-1-3-14-4-6;/h6,8,14H,1-5H2,(H,15,16);1H/t6-;/m1./s1.